The molecule has 0 spiro atoms. The first-order chi connectivity index (χ1) is 12.5. The minimum atomic E-state index is -3.74. The van der Waals surface area contributed by atoms with Crippen LogP contribution in [0.5, 0.6) is 0 Å². The van der Waals surface area contributed by atoms with Crippen LogP contribution < -0.4 is 10.5 Å². The van der Waals surface area contributed by atoms with Crippen LogP contribution in [0.3, 0.4) is 0 Å². The maximum Gasteiger partial charge on any atom is 0.248 e. The number of aromatic nitrogens is 1. The lowest BCUT2D eigenvalue weighted by Crippen LogP contribution is -2.24. The van der Waals surface area contributed by atoms with E-state index in [-0.39, 0.29) is 11.4 Å². The maximum atomic E-state index is 12.5. The first kappa shape index (κ1) is 17.6. The van der Waals surface area contributed by atoms with Crippen molar-refractivity contribution < 1.29 is 13.2 Å². The summed E-state index contributed by atoms with van der Waals surface area (Å²) in [6, 6.07) is 15.0. The number of benzene rings is 2. The van der Waals surface area contributed by atoms with Gasteiger partial charge in [-0.1, -0.05) is 30.0 Å². The molecule has 0 saturated carbocycles. The van der Waals surface area contributed by atoms with Gasteiger partial charge in [0.2, 0.25) is 15.9 Å². The van der Waals surface area contributed by atoms with Crippen molar-refractivity contribution in [1.29, 1.82) is 0 Å². The Bertz CT molecular complexity index is 1120. The maximum absolute atomic E-state index is 12.5. The van der Waals surface area contributed by atoms with Gasteiger partial charge < -0.3 is 5.73 Å². The summed E-state index contributed by atoms with van der Waals surface area (Å²) in [4.78, 5) is 15.3. The molecule has 1 amide bonds. The predicted octanol–water partition coefficient (Wildman–Crippen LogP) is 1.66. The first-order valence-electron chi connectivity index (χ1n) is 7.69. The van der Waals surface area contributed by atoms with Gasteiger partial charge in [0, 0.05) is 22.7 Å². The van der Waals surface area contributed by atoms with Crippen molar-refractivity contribution in [3.8, 4) is 11.8 Å². The molecule has 1 aromatic heterocycles. The van der Waals surface area contributed by atoms with Gasteiger partial charge in [0.05, 0.1) is 12.1 Å². The molecule has 26 heavy (non-hydrogen) atoms. The fourth-order valence-electron chi connectivity index (χ4n) is 2.37. The lowest BCUT2D eigenvalue weighted by atomic mass is 10.1. The highest BCUT2D eigenvalue weighted by Gasteiger charge is 2.16. The van der Waals surface area contributed by atoms with Crippen molar-refractivity contribution in [3.63, 3.8) is 0 Å². The summed E-state index contributed by atoms with van der Waals surface area (Å²) >= 11 is 0. The summed E-state index contributed by atoms with van der Waals surface area (Å²) in [5.41, 5.74) is 6.63. The molecule has 0 unspecified atom stereocenters. The minimum Gasteiger partial charge on any atom is -0.366 e. The number of carbonyl (C=O) groups is 1. The van der Waals surface area contributed by atoms with Crippen molar-refractivity contribution in [2.75, 3.05) is 6.54 Å². The molecular formula is C19H15N3O3S. The monoisotopic (exact) mass is 365 g/mol. The third kappa shape index (κ3) is 3.88. The van der Waals surface area contributed by atoms with E-state index in [1.54, 1.807) is 54.7 Å². The topological polar surface area (TPSA) is 102 Å². The van der Waals surface area contributed by atoms with Crippen molar-refractivity contribution in [2.24, 2.45) is 5.73 Å². The minimum absolute atomic E-state index is 0.0525. The highest BCUT2D eigenvalue weighted by atomic mass is 32.2. The molecular weight excluding hydrogens is 350 g/mol. The molecule has 3 aromatic rings. The van der Waals surface area contributed by atoms with Gasteiger partial charge in [-0.25, -0.2) is 8.42 Å². The van der Waals surface area contributed by atoms with Gasteiger partial charge in [-0.05, 0) is 36.4 Å². The number of nitrogens with two attached hydrogens (primary N) is 1. The van der Waals surface area contributed by atoms with Crippen LogP contribution in [0.25, 0.3) is 10.9 Å². The van der Waals surface area contributed by atoms with E-state index < -0.39 is 15.9 Å². The van der Waals surface area contributed by atoms with E-state index in [0.717, 1.165) is 5.39 Å². The summed E-state index contributed by atoms with van der Waals surface area (Å²) in [7, 11) is -3.74. The van der Waals surface area contributed by atoms with Crippen LogP contribution in [0.1, 0.15) is 15.9 Å². The van der Waals surface area contributed by atoms with Crippen molar-refractivity contribution in [2.45, 2.75) is 4.90 Å². The molecule has 3 rings (SSSR count). The normalized spacial score (nSPS) is 10.9. The van der Waals surface area contributed by atoms with Crippen LogP contribution >= 0.6 is 0 Å². The Morgan fingerprint density at radius 1 is 1.08 bits per heavy atom. The molecule has 3 N–H and O–H groups in total. The van der Waals surface area contributed by atoms with Gasteiger partial charge >= 0.3 is 0 Å². The summed E-state index contributed by atoms with van der Waals surface area (Å²) in [5, 5.41) is 0.746. The molecule has 6 nitrogen and oxygen atoms in total. The zero-order valence-electron chi connectivity index (χ0n) is 13.6. The van der Waals surface area contributed by atoms with Gasteiger partial charge in [0.1, 0.15) is 4.90 Å². The van der Waals surface area contributed by atoms with Gasteiger partial charge in [0.15, 0.2) is 0 Å². The molecule has 0 radical (unpaired) electrons. The number of nitrogens with zero attached hydrogens (tertiary/aromatic N) is 1. The molecule has 130 valence electrons. The highest BCUT2D eigenvalue weighted by Crippen LogP contribution is 2.20. The average molecular weight is 365 g/mol. The molecule has 0 saturated heterocycles. The number of amides is 1. The number of hydrogen-bond donors (Lipinski definition) is 2. The van der Waals surface area contributed by atoms with Crippen molar-refractivity contribution in [3.05, 3.63) is 71.9 Å². The van der Waals surface area contributed by atoms with Crippen LogP contribution in [-0.4, -0.2) is 25.9 Å². The van der Waals surface area contributed by atoms with Crippen LogP contribution in [0, 0.1) is 11.8 Å². The number of primary amides is 1. The molecule has 7 heteroatoms. The number of nitrogens with one attached hydrogen (secondary N) is 1. The van der Waals surface area contributed by atoms with Gasteiger partial charge in [-0.15, -0.1) is 0 Å². The van der Waals surface area contributed by atoms with E-state index in [9.17, 15) is 13.2 Å². The Balaban J connectivity index is 1.74. The Labute approximate surface area is 151 Å². The number of hydrogen-bond acceptors (Lipinski definition) is 4. The molecule has 2 aromatic carbocycles. The zero-order chi connectivity index (χ0) is 18.6. The van der Waals surface area contributed by atoms with E-state index in [0.29, 0.717) is 16.6 Å². The van der Waals surface area contributed by atoms with Crippen LogP contribution in [-0.2, 0) is 10.0 Å². The lowest BCUT2D eigenvalue weighted by molar-refractivity contribution is 0.100. The second-order valence-electron chi connectivity index (χ2n) is 5.40. The smallest absolute Gasteiger partial charge is 0.248 e. The molecule has 0 aliphatic carbocycles. The summed E-state index contributed by atoms with van der Waals surface area (Å²) in [5.74, 6) is 5.06. The number of fused-ring (bicyclic) bond motifs is 1. The second-order valence-corrected chi connectivity index (χ2v) is 7.13. The number of rotatable bonds is 4. The SMILES string of the molecule is NC(=O)c1ccc(C#CCNS(=O)(=O)c2cccc3cccnc23)cc1. The Kier molecular flexibility index (Phi) is 4.98. The average Bonchev–Trinajstić information content (AvgIpc) is 2.65. The van der Waals surface area contributed by atoms with Crippen LogP contribution in [0.15, 0.2) is 65.7 Å². The highest BCUT2D eigenvalue weighted by molar-refractivity contribution is 7.89. The van der Waals surface area contributed by atoms with Crippen molar-refractivity contribution in [1.82, 2.24) is 9.71 Å². The molecule has 0 bridgehead atoms. The number of para-hydroxylation sites is 1. The Morgan fingerprint density at radius 2 is 1.81 bits per heavy atom. The third-order valence-electron chi connectivity index (χ3n) is 3.64. The van der Waals surface area contributed by atoms with Crippen LogP contribution in [0.4, 0.5) is 0 Å². The van der Waals surface area contributed by atoms with E-state index >= 15 is 0 Å². The number of sulfonamides is 1. The molecule has 0 atom stereocenters. The van der Waals surface area contributed by atoms with Crippen LogP contribution in [0.2, 0.25) is 0 Å². The Morgan fingerprint density at radius 3 is 2.54 bits per heavy atom. The molecule has 0 fully saturated rings. The summed E-state index contributed by atoms with van der Waals surface area (Å²) < 4.78 is 27.5. The standard InChI is InChI=1S/C19H15N3O3S/c20-19(23)16-10-8-14(9-11-16)4-2-13-22-26(24,25)17-7-1-5-15-6-3-12-21-18(15)17/h1,3,5-12,22H,13H2,(H2,20,23). The number of pyridine rings is 1. The summed E-state index contributed by atoms with van der Waals surface area (Å²) in [6.07, 6.45) is 1.55. The second kappa shape index (κ2) is 7.35. The predicted molar refractivity (Wildman–Crippen MR) is 98.8 cm³/mol. The van der Waals surface area contributed by atoms with Crippen molar-refractivity contribution >= 4 is 26.8 Å². The van der Waals surface area contributed by atoms with Gasteiger partial charge in [-0.2, -0.15) is 4.72 Å². The molecule has 1 heterocycles. The molecule has 0 aliphatic rings. The van der Waals surface area contributed by atoms with Gasteiger partial charge in [-0.3, -0.25) is 9.78 Å². The quantitative estimate of drug-likeness (QED) is 0.687. The Hall–Kier alpha value is -3.21. The lowest BCUT2D eigenvalue weighted by Gasteiger charge is -2.06. The fraction of sp³-hybridized carbons (Fsp3) is 0.0526. The largest absolute Gasteiger partial charge is 0.366 e. The first-order valence-corrected chi connectivity index (χ1v) is 9.18. The fourth-order valence-corrected chi connectivity index (χ4v) is 3.47. The zero-order valence-corrected chi connectivity index (χ0v) is 14.5. The summed E-state index contributed by atoms with van der Waals surface area (Å²) in [6.45, 7) is -0.0525. The molecule has 0 aliphatic heterocycles. The van der Waals surface area contributed by atoms with E-state index in [1.807, 2.05) is 0 Å². The third-order valence-corrected chi connectivity index (χ3v) is 5.07. The van der Waals surface area contributed by atoms with E-state index in [2.05, 4.69) is 21.5 Å². The number of carbonyl (C=O) groups excluding carboxylic acids is 1. The van der Waals surface area contributed by atoms with E-state index in [1.165, 1.54) is 6.07 Å². The van der Waals surface area contributed by atoms with Gasteiger partial charge in [0.25, 0.3) is 0 Å². The van der Waals surface area contributed by atoms with E-state index in [4.69, 9.17) is 5.73 Å².